The van der Waals surface area contributed by atoms with Gasteiger partial charge in [-0.3, -0.25) is 18.6 Å². The van der Waals surface area contributed by atoms with E-state index in [1.807, 2.05) is 6.08 Å². The van der Waals surface area contributed by atoms with E-state index in [-0.39, 0.29) is 32.1 Å². The van der Waals surface area contributed by atoms with Crippen molar-refractivity contribution in [3.63, 3.8) is 0 Å². The first kappa shape index (κ1) is 57.7. The molecule has 0 saturated heterocycles. The van der Waals surface area contributed by atoms with Gasteiger partial charge in [-0.05, 0) is 96.3 Å². The van der Waals surface area contributed by atoms with Crippen molar-refractivity contribution in [3.05, 3.63) is 109 Å². The second-order valence-electron chi connectivity index (χ2n) is 15.0. The number of ether oxygens (including phenoxy) is 1. The van der Waals surface area contributed by atoms with E-state index >= 15 is 0 Å². The number of aliphatic hydroxyl groups is 1. The molecule has 0 aromatic heterocycles. The molecule has 0 aromatic carbocycles. The highest BCUT2D eigenvalue weighted by Crippen LogP contribution is 2.42. The highest BCUT2D eigenvalue weighted by Gasteiger charge is 2.23. The Kier molecular flexibility index (Phi) is 43.7. The highest BCUT2D eigenvalue weighted by molar-refractivity contribution is 7.47. The molecule has 0 heterocycles. The lowest BCUT2D eigenvalue weighted by atomic mass is 10.1. The van der Waals surface area contributed by atoms with E-state index in [0.717, 1.165) is 83.5 Å². The first-order valence-corrected chi connectivity index (χ1v) is 24.9. The number of hydrogen-bond acceptors (Lipinski definition) is 7. The Hall–Kier alpha value is -3.33. The zero-order chi connectivity index (χ0) is 44.6. The van der Waals surface area contributed by atoms with Crippen LogP contribution in [0.4, 0.5) is 0 Å². The minimum atomic E-state index is -4.44. The first-order valence-electron chi connectivity index (χ1n) is 23.4. The summed E-state index contributed by atoms with van der Waals surface area (Å²) in [5, 5.41) is 12.7. The lowest BCUT2D eigenvalue weighted by molar-refractivity contribution is -0.147. The minimum Gasteiger partial charge on any atom is -0.463 e. The number of esters is 1. The van der Waals surface area contributed by atoms with Crippen LogP contribution in [0.2, 0.25) is 0 Å². The summed E-state index contributed by atoms with van der Waals surface area (Å²) in [6.07, 6.45) is 61.6. The molecule has 346 valence electrons. The van der Waals surface area contributed by atoms with Crippen molar-refractivity contribution in [1.82, 2.24) is 5.32 Å². The molecular weight excluding hydrogens is 786 g/mol. The monoisotopic (exact) mass is 870 g/mol. The van der Waals surface area contributed by atoms with Crippen LogP contribution in [0.3, 0.4) is 0 Å². The smallest absolute Gasteiger partial charge is 0.463 e. The van der Waals surface area contributed by atoms with Crippen LogP contribution in [-0.4, -0.2) is 54.3 Å². The second-order valence-corrected chi connectivity index (χ2v) is 16.4. The molecule has 0 rings (SSSR count). The zero-order valence-electron chi connectivity index (χ0n) is 38.1. The van der Waals surface area contributed by atoms with Crippen LogP contribution in [0.1, 0.15) is 168 Å². The number of hydrogen-bond donors (Lipinski definition) is 3. The molecule has 0 fully saturated rings. The molecule has 2 atom stereocenters. The second kappa shape index (κ2) is 46.2. The standard InChI is InChI=1S/C51H84NO8P/c1-3-5-7-9-11-13-15-17-19-21-22-23-24-25-26-28-30-32-34-36-38-40-42-44-51(55)58-47-49(53)48-60-61(56,57)59-46-45-52-50(54)43-41-39-37-35-33-31-29-27-20-18-16-14-12-10-8-6-4-2/h5,7,11-14,17-20,22-23,25-26,30,32,36,38,49,53H,3-4,6,8-10,15-16,21,24,27-29,31,33-35,37,39-48H2,1-2H3,(H,52,54)(H,56,57)/b7-5-,13-11-,14-12-,19-17-,20-18-,23-22-,26-25-,32-30-,38-36-. The summed E-state index contributed by atoms with van der Waals surface area (Å²) in [6.45, 7) is 3.32. The Morgan fingerprint density at radius 1 is 0.525 bits per heavy atom. The van der Waals surface area contributed by atoms with Gasteiger partial charge in [0.25, 0.3) is 0 Å². The number of rotatable bonds is 42. The molecule has 0 aliphatic carbocycles. The molecule has 0 aromatic rings. The quantitative estimate of drug-likeness (QED) is 0.0239. The van der Waals surface area contributed by atoms with Gasteiger partial charge in [-0.25, -0.2) is 4.57 Å². The van der Waals surface area contributed by atoms with Crippen molar-refractivity contribution >= 4 is 19.7 Å². The third kappa shape index (κ3) is 47.6. The van der Waals surface area contributed by atoms with E-state index in [4.69, 9.17) is 13.8 Å². The molecular formula is C51H84NO8P. The summed E-state index contributed by atoms with van der Waals surface area (Å²) in [5.41, 5.74) is 0. The number of phosphoric ester groups is 1. The van der Waals surface area contributed by atoms with E-state index in [9.17, 15) is 24.2 Å². The Morgan fingerprint density at radius 2 is 0.951 bits per heavy atom. The van der Waals surface area contributed by atoms with Gasteiger partial charge in [0.05, 0.1) is 13.2 Å². The van der Waals surface area contributed by atoms with Gasteiger partial charge in [0, 0.05) is 19.4 Å². The van der Waals surface area contributed by atoms with Crippen LogP contribution in [-0.2, 0) is 27.9 Å². The maximum atomic E-state index is 12.1. The topological polar surface area (TPSA) is 131 Å². The van der Waals surface area contributed by atoms with Gasteiger partial charge >= 0.3 is 13.8 Å². The van der Waals surface area contributed by atoms with Crippen molar-refractivity contribution in [3.8, 4) is 0 Å². The summed E-state index contributed by atoms with van der Waals surface area (Å²) < 4.78 is 26.9. The molecule has 0 saturated carbocycles. The lowest BCUT2D eigenvalue weighted by Gasteiger charge is -2.15. The highest BCUT2D eigenvalue weighted by atomic mass is 31.2. The number of aliphatic hydroxyl groups excluding tert-OH is 1. The predicted molar refractivity (Wildman–Crippen MR) is 256 cm³/mol. The zero-order valence-corrected chi connectivity index (χ0v) is 39.0. The lowest BCUT2D eigenvalue weighted by Crippen LogP contribution is -2.27. The molecule has 1 amide bonds. The van der Waals surface area contributed by atoms with E-state index in [0.29, 0.717) is 12.8 Å². The average Bonchev–Trinajstić information content (AvgIpc) is 3.25. The minimum absolute atomic E-state index is 0.0638. The number of phosphoric acid groups is 1. The third-order valence-corrected chi connectivity index (χ3v) is 10.2. The molecule has 10 heteroatoms. The van der Waals surface area contributed by atoms with E-state index in [1.165, 1.54) is 51.4 Å². The van der Waals surface area contributed by atoms with Gasteiger partial charge in [-0.15, -0.1) is 0 Å². The SMILES string of the molecule is CC/C=C\C/C=C\C/C=C\C/C=C\C/C=C\C/C=C\C/C=C\CCCC(=O)OCC(O)COP(=O)(O)OCCNC(=O)CCCCCCCCC/C=C\C/C=C\CCCCC. The fourth-order valence-corrected chi connectivity index (χ4v) is 6.45. The van der Waals surface area contributed by atoms with Crippen molar-refractivity contribution in [1.29, 1.82) is 0 Å². The number of unbranched alkanes of at least 4 members (excludes halogenated alkanes) is 11. The van der Waals surface area contributed by atoms with E-state index in [1.54, 1.807) is 0 Å². The van der Waals surface area contributed by atoms with Crippen molar-refractivity contribution in [2.45, 2.75) is 174 Å². The van der Waals surface area contributed by atoms with Crippen molar-refractivity contribution in [2.75, 3.05) is 26.4 Å². The van der Waals surface area contributed by atoms with Gasteiger partial charge < -0.3 is 20.1 Å². The van der Waals surface area contributed by atoms with E-state index < -0.39 is 26.5 Å². The molecule has 0 radical (unpaired) electrons. The third-order valence-electron chi connectivity index (χ3n) is 9.19. The van der Waals surface area contributed by atoms with Crippen molar-refractivity contribution < 1.29 is 37.9 Å². The maximum Gasteiger partial charge on any atom is 0.472 e. The molecule has 3 N–H and O–H groups in total. The predicted octanol–water partition coefficient (Wildman–Crippen LogP) is 13.5. The summed E-state index contributed by atoms with van der Waals surface area (Å²) in [6, 6.07) is 0. The number of allylic oxidation sites excluding steroid dienone is 18. The fraction of sp³-hybridized carbons (Fsp3) is 0.608. The van der Waals surface area contributed by atoms with Gasteiger partial charge in [0.1, 0.15) is 12.7 Å². The molecule has 0 spiro atoms. The summed E-state index contributed by atoms with van der Waals surface area (Å²) in [7, 11) is -4.44. The first-order chi connectivity index (χ1) is 29.8. The summed E-state index contributed by atoms with van der Waals surface area (Å²) >= 11 is 0. The Bertz CT molecular complexity index is 1360. The Labute approximate surface area is 371 Å². The van der Waals surface area contributed by atoms with E-state index in [2.05, 4.69) is 122 Å². The van der Waals surface area contributed by atoms with Crippen LogP contribution >= 0.6 is 7.82 Å². The van der Waals surface area contributed by atoms with Gasteiger partial charge in [0.15, 0.2) is 0 Å². The fourth-order valence-electron chi connectivity index (χ4n) is 5.69. The number of nitrogens with one attached hydrogen (secondary N) is 1. The Balaban J connectivity index is 3.73. The summed E-state index contributed by atoms with van der Waals surface area (Å²) in [4.78, 5) is 34.0. The van der Waals surface area contributed by atoms with Gasteiger partial charge in [-0.1, -0.05) is 168 Å². The largest absolute Gasteiger partial charge is 0.472 e. The Morgan fingerprint density at radius 3 is 1.44 bits per heavy atom. The normalized spacial score (nSPS) is 14.2. The van der Waals surface area contributed by atoms with Crippen LogP contribution < -0.4 is 5.32 Å². The van der Waals surface area contributed by atoms with Gasteiger partial charge in [-0.2, -0.15) is 0 Å². The van der Waals surface area contributed by atoms with Crippen LogP contribution in [0.25, 0.3) is 0 Å². The molecule has 0 aliphatic rings. The molecule has 61 heavy (non-hydrogen) atoms. The molecule has 9 nitrogen and oxygen atoms in total. The van der Waals surface area contributed by atoms with Crippen LogP contribution in [0, 0.1) is 0 Å². The molecule has 2 unspecified atom stereocenters. The average molecular weight is 870 g/mol. The van der Waals surface area contributed by atoms with Crippen LogP contribution in [0.15, 0.2) is 109 Å². The van der Waals surface area contributed by atoms with Crippen LogP contribution in [0.5, 0.6) is 0 Å². The number of carbonyl (C=O) groups excluding carboxylic acids is 2. The maximum absolute atomic E-state index is 12.1. The number of carbonyl (C=O) groups is 2. The molecule has 0 bridgehead atoms. The van der Waals surface area contributed by atoms with Gasteiger partial charge in [0.2, 0.25) is 5.91 Å². The van der Waals surface area contributed by atoms with Crippen molar-refractivity contribution in [2.24, 2.45) is 0 Å². The number of amides is 1. The molecule has 0 aliphatic heterocycles. The summed E-state index contributed by atoms with van der Waals surface area (Å²) in [5.74, 6) is -0.594.